The van der Waals surface area contributed by atoms with Crippen LogP contribution in [-0.4, -0.2) is 32.4 Å². The number of fused-ring (bicyclic) bond motifs is 1. The van der Waals surface area contributed by atoms with Gasteiger partial charge in [-0.25, -0.2) is 9.97 Å². The van der Waals surface area contributed by atoms with E-state index in [1.165, 1.54) is 7.11 Å². The minimum Gasteiger partial charge on any atom is -0.481 e. The Hall–Kier alpha value is -3.54. The Morgan fingerprint density at radius 2 is 1.96 bits per heavy atom. The molecule has 0 saturated carbocycles. The van der Waals surface area contributed by atoms with Gasteiger partial charge >= 0.3 is 0 Å². The fourth-order valence-electron chi connectivity index (χ4n) is 3.04. The molecule has 4 aromatic rings. The predicted octanol–water partition coefficient (Wildman–Crippen LogP) is 3.46. The van der Waals surface area contributed by atoms with Crippen molar-refractivity contribution in [3.05, 3.63) is 72.6 Å². The first-order chi connectivity index (χ1) is 13.1. The molecule has 3 aromatic heterocycles. The molecule has 134 valence electrons. The fraction of sp³-hybridized carbons (Fsp3) is 0.143. The SMILES string of the molecule is COc1cc(C(=O)Cc2cc3cc(-c4cncn4C)ccc3cn2)ccn1. The lowest BCUT2D eigenvalue weighted by Gasteiger charge is -2.07. The summed E-state index contributed by atoms with van der Waals surface area (Å²) in [7, 11) is 3.49. The van der Waals surface area contributed by atoms with Gasteiger partial charge in [0.2, 0.25) is 5.88 Å². The number of rotatable bonds is 5. The molecule has 0 spiro atoms. The van der Waals surface area contributed by atoms with E-state index < -0.39 is 0 Å². The van der Waals surface area contributed by atoms with Crippen LogP contribution in [0, 0.1) is 0 Å². The molecule has 0 saturated heterocycles. The van der Waals surface area contributed by atoms with Crippen molar-refractivity contribution in [3.63, 3.8) is 0 Å². The number of imidazole rings is 1. The molecule has 0 radical (unpaired) electrons. The van der Waals surface area contributed by atoms with E-state index in [2.05, 4.69) is 27.1 Å². The molecule has 3 heterocycles. The molecule has 0 amide bonds. The van der Waals surface area contributed by atoms with E-state index >= 15 is 0 Å². The molecular weight excluding hydrogens is 340 g/mol. The Morgan fingerprint density at radius 3 is 2.74 bits per heavy atom. The number of carbonyl (C=O) groups excluding carboxylic acids is 1. The van der Waals surface area contributed by atoms with Crippen LogP contribution in [0.1, 0.15) is 16.1 Å². The molecule has 1 aromatic carbocycles. The van der Waals surface area contributed by atoms with Crippen LogP contribution in [0.2, 0.25) is 0 Å². The second-order valence-electron chi connectivity index (χ2n) is 6.31. The Bertz CT molecular complexity index is 1130. The minimum atomic E-state index is -0.0228. The quantitative estimate of drug-likeness (QED) is 0.511. The third-order valence-corrected chi connectivity index (χ3v) is 4.50. The Labute approximate surface area is 156 Å². The Balaban J connectivity index is 1.64. The lowest BCUT2D eigenvalue weighted by atomic mass is 10.0. The summed E-state index contributed by atoms with van der Waals surface area (Å²) in [6.45, 7) is 0. The van der Waals surface area contributed by atoms with Gasteiger partial charge in [-0.3, -0.25) is 9.78 Å². The van der Waals surface area contributed by atoms with Crippen molar-refractivity contribution in [2.24, 2.45) is 7.05 Å². The first kappa shape index (κ1) is 16.9. The molecule has 0 unspecified atom stereocenters. The minimum absolute atomic E-state index is 0.0228. The van der Waals surface area contributed by atoms with Gasteiger partial charge in [-0.2, -0.15) is 0 Å². The van der Waals surface area contributed by atoms with E-state index in [0.717, 1.165) is 27.7 Å². The number of methoxy groups -OCH3 is 1. The van der Waals surface area contributed by atoms with Crippen LogP contribution in [0.15, 0.2) is 61.3 Å². The topological polar surface area (TPSA) is 69.9 Å². The number of hydrogen-bond acceptors (Lipinski definition) is 5. The highest BCUT2D eigenvalue weighted by atomic mass is 16.5. The highest BCUT2D eigenvalue weighted by Crippen LogP contribution is 2.24. The largest absolute Gasteiger partial charge is 0.481 e. The maximum atomic E-state index is 12.6. The lowest BCUT2D eigenvalue weighted by molar-refractivity contribution is 0.0991. The van der Waals surface area contributed by atoms with Crippen molar-refractivity contribution in [2.75, 3.05) is 7.11 Å². The van der Waals surface area contributed by atoms with Crippen LogP contribution in [-0.2, 0) is 13.5 Å². The zero-order chi connectivity index (χ0) is 18.8. The normalized spacial score (nSPS) is 10.9. The van der Waals surface area contributed by atoms with Gasteiger partial charge in [-0.15, -0.1) is 0 Å². The third kappa shape index (κ3) is 3.42. The van der Waals surface area contributed by atoms with Gasteiger partial charge in [-0.05, 0) is 23.6 Å². The van der Waals surface area contributed by atoms with Crippen molar-refractivity contribution in [1.82, 2.24) is 19.5 Å². The molecule has 4 rings (SSSR count). The van der Waals surface area contributed by atoms with Crippen LogP contribution >= 0.6 is 0 Å². The van der Waals surface area contributed by atoms with Gasteiger partial charge in [0.25, 0.3) is 0 Å². The molecule has 6 heteroatoms. The van der Waals surface area contributed by atoms with Crippen molar-refractivity contribution >= 4 is 16.6 Å². The first-order valence-electron chi connectivity index (χ1n) is 8.52. The standard InChI is InChI=1S/C21H18N4O2/c1-25-13-22-12-19(25)14-3-4-16-11-24-18(8-17(16)7-14)10-20(26)15-5-6-23-21(9-15)27-2/h3-9,11-13H,10H2,1-2H3. The van der Waals surface area contributed by atoms with Gasteiger partial charge in [0.1, 0.15) is 0 Å². The summed E-state index contributed by atoms with van der Waals surface area (Å²) >= 11 is 0. The second-order valence-corrected chi connectivity index (χ2v) is 6.31. The molecule has 0 atom stereocenters. The van der Waals surface area contributed by atoms with E-state index in [1.54, 1.807) is 30.9 Å². The first-order valence-corrected chi connectivity index (χ1v) is 8.52. The highest BCUT2D eigenvalue weighted by molar-refractivity contribution is 5.98. The van der Waals surface area contributed by atoms with E-state index in [1.807, 2.05) is 29.9 Å². The predicted molar refractivity (Wildman–Crippen MR) is 103 cm³/mol. The van der Waals surface area contributed by atoms with E-state index in [4.69, 9.17) is 4.74 Å². The average molecular weight is 358 g/mol. The lowest BCUT2D eigenvalue weighted by Crippen LogP contribution is -2.05. The second kappa shape index (κ2) is 6.99. The molecule has 0 N–H and O–H groups in total. The van der Waals surface area contributed by atoms with Crippen molar-refractivity contribution < 1.29 is 9.53 Å². The Kier molecular flexibility index (Phi) is 4.38. The molecule has 6 nitrogen and oxygen atoms in total. The summed E-state index contributed by atoms with van der Waals surface area (Å²) < 4.78 is 7.06. The molecule has 0 fully saturated rings. The van der Waals surface area contributed by atoms with Crippen LogP contribution in [0.5, 0.6) is 5.88 Å². The number of nitrogens with zero attached hydrogens (tertiary/aromatic N) is 4. The van der Waals surface area contributed by atoms with Crippen molar-refractivity contribution in [2.45, 2.75) is 6.42 Å². The van der Waals surface area contributed by atoms with Gasteiger partial charge < -0.3 is 9.30 Å². The summed E-state index contributed by atoms with van der Waals surface area (Å²) in [6, 6.07) is 11.5. The van der Waals surface area contributed by atoms with Gasteiger partial charge in [0.05, 0.1) is 31.7 Å². The Morgan fingerprint density at radius 1 is 1.07 bits per heavy atom. The number of aromatic nitrogens is 4. The van der Waals surface area contributed by atoms with Crippen LogP contribution in [0.3, 0.4) is 0 Å². The number of aryl methyl sites for hydroxylation is 1. The third-order valence-electron chi connectivity index (χ3n) is 4.50. The molecule has 0 aliphatic carbocycles. The highest BCUT2D eigenvalue weighted by Gasteiger charge is 2.11. The summed E-state index contributed by atoms with van der Waals surface area (Å²) in [5.41, 5.74) is 3.40. The van der Waals surface area contributed by atoms with Crippen LogP contribution in [0.4, 0.5) is 0 Å². The maximum absolute atomic E-state index is 12.6. The summed E-state index contributed by atoms with van der Waals surface area (Å²) in [6.07, 6.45) is 7.21. The zero-order valence-electron chi connectivity index (χ0n) is 15.1. The molecule has 0 bridgehead atoms. The van der Waals surface area contributed by atoms with Crippen LogP contribution in [0.25, 0.3) is 22.0 Å². The molecular formula is C21H18N4O2. The zero-order valence-corrected chi connectivity index (χ0v) is 15.1. The number of hydrogen-bond donors (Lipinski definition) is 0. The smallest absolute Gasteiger partial charge is 0.213 e. The van der Waals surface area contributed by atoms with E-state index in [9.17, 15) is 4.79 Å². The summed E-state index contributed by atoms with van der Waals surface area (Å²) in [5.74, 6) is 0.401. The number of ether oxygens (including phenoxy) is 1. The number of ketones is 1. The van der Waals surface area contributed by atoms with Crippen molar-refractivity contribution in [3.8, 4) is 17.1 Å². The average Bonchev–Trinajstić information content (AvgIpc) is 3.13. The number of Topliss-reactive ketones (excluding diaryl/α,β-unsaturated/α-hetero) is 1. The maximum Gasteiger partial charge on any atom is 0.213 e. The van der Waals surface area contributed by atoms with Gasteiger partial charge in [0.15, 0.2) is 5.78 Å². The molecule has 27 heavy (non-hydrogen) atoms. The number of benzene rings is 1. The number of carbonyl (C=O) groups is 1. The molecule has 0 aliphatic heterocycles. The fourth-order valence-corrected chi connectivity index (χ4v) is 3.04. The monoisotopic (exact) mass is 358 g/mol. The van der Waals surface area contributed by atoms with E-state index in [-0.39, 0.29) is 12.2 Å². The van der Waals surface area contributed by atoms with E-state index in [0.29, 0.717) is 11.4 Å². The molecule has 0 aliphatic rings. The van der Waals surface area contributed by atoms with Gasteiger partial charge in [-0.1, -0.05) is 12.1 Å². The van der Waals surface area contributed by atoms with Crippen LogP contribution < -0.4 is 4.74 Å². The summed E-state index contributed by atoms with van der Waals surface area (Å²) in [5, 5.41) is 2.07. The van der Waals surface area contributed by atoms with Crippen molar-refractivity contribution in [1.29, 1.82) is 0 Å². The van der Waals surface area contributed by atoms with Gasteiger partial charge in [0, 0.05) is 47.7 Å². The number of pyridine rings is 2. The summed E-state index contributed by atoms with van der Waals surface area (Å²) in [4.78, 5) is 25.2.